The number of benzene rings is 4. The Morgan fingerprint density at radius 3 is 2.40 bits per heavy atom. The highest BCUT2D eigenvalue weighted by atomic mass is 16.5. The maximum Gasteiger partial charge on any atom is 0.344 e. The first-order valence-electron chi connectivity index (χ1n) is 12.9. The third kappa shape index (κ3) is 4.73. The van der Waals surface area contributed by atoms with Gasteiger partial charge in [0.15, 0.2) is 5.58 Å². The molecule has 4 aromatic carbocycles. The molecular formula is C33H26N2O5. The number of amides is 1. The Hall–Kier alpha value is -5.17. The molecule has 7 heteroatoms. The lowest BCUT2D eigenvalue weighted by molar-refractivity contribution is 0.102. The summed E-state index contributed by atoms with van der Waals surface area (Å²) >= 11 is 0. The van der Waals surface area contributed by atoms with E-state index < -0.39 is 5.63 Å². The van der Waals surface area contributed by atoms with Gasteiger partial charge >= 0.3 is 5.63 Å². The second-order valence-corrected chi connectivity index (χ2v) is 9.83. The van der Waals surface area contributed by atoms with Crippen molar-refractivity contribution in [1.29, 1.82) is 0 Å². The number of para-hydroxylation sites is 1. The zero-order valence-electron chi connectivity index (χ0n) is 22.2. The van der Waals surface area contributed by atoms with Crippen LogP contribution in [0.1, 0.15) is 35.7 Å². The largest absolute Gasteiger partial charge is 0.495 e. The molecule has 0 atom stereocenters. The quantitative estimate of drug-likeness (QED) is 0.222. The summed E-state index contributed by atoms with van der Waals surface area (Å²) in [4.78, 5) is 30.4. The van der Waals surface area contributed by atoms with Gasteiger partial charge in [-0.3, -0.25) is 4.79 Å². The summed E-state index contributed by atoms with van der Waals surface area (Å²) in [5.41, 5.74) is 5.45. The van der Waals surface area contributed by atoms with E-state index in [1.165, 1.54) is 5.56 Å². The van der Waals surface area contributed by atoms with Crippen LogP contribution in [0.15, 0.2) is 105 Å². The maximum absolute atomic E-state index is 13.2. The predicted octanol–water partition coefficient (Wildman–Crippen LogP) is 7.65. The maximum atomic E-state index is 13.2. The summed E-state index contributed by atoms with van der Waals surface area (Å²) in [5.74, 6) is 1.01. The SMILES string of the molecule is COc1ccc(-c2nc3cc(C(C)C)ccc3o2)cc1NC(=O)c1ccc(-c2cc3ccccc3oc2=O)cc1. The van der Waals surface area contributed by atoms with Crippen molar-refractivity contribution in [3.63, 3.8) is 0 Å². The molecule has 0 spiro atoms. The summed E-state index contributed by atoms with van der Waals surface area (Å²) in [6, 6.07) is 27.3. The molecule has 0 aliphatic carbocycles. The van der Waals surface area contributed by atoms with Crippen LogP contribution in [-0.2, 0) is 0 Å². The van der Waals surface area contributed by atoms with Crippen molar-refractivity contribution in [3.8, 4) is 28.3 Å². The van der Waals surface area contributed by atoms with Crippen LogP contribution in [0.25, 0.3) is 44.7 Å². The summed E-state index contributed by atoms with van der Waals surface area (Å²) in [6.45, 7) is 4.27. The first-order valence-corrected chi connectivity index (χ1v) is 12.9. The number of carbonyl (C=O) groups excluding carboxylic acids is 1. The molecule has 40 heavy (non-hydrogen) atoms. The van der Waals surface area contributed by atoms with Gasteiger partial charge in [0, 0.05) is 16.5 Å². The monoisotopic (exact) mass is 530 g/mol. The fourth-order valence-corrected chi connectivity index (χ4v) is 4.62. The summed E-state index contributed by atoms with van der Waals surface area (Å²) in [6.07, 6.45) is 0. The number of anilines is 1. The fourth-order valence-electron chi connectivity index (χ4n) is 4.62. The van der Waals surface area contributed by atoms with Gasteiger partial charge in [-0.05, 0) is 71.6 Å². The van der Waals surface area contributed by atoms with E-state index in [-0.39, 0.29) is 5.91 Å². The first-order chi connectivity index (χ1) is 19.4. The van der Waals surface area contributed by atoms with Crippen LogP contribution in [0.2, 0.25) is 0 Å². The van der Waals surface area contributed by atoms with Gasteiger partial charge in [0.25, 0.3) is 5.91 Å². The number of carbonyl (C=O) groups is 1. The van der Waals surface area contributed by atoms with Gasteiger partial charge in [-0.2, -0.15) is 0 Å². The van der Waals surface area contributed by atoms with E-state index >= 15 is 0 Å². The minimum absolute atomic E-state index is 0.327. The van der Waals surface area contributed by atoms with Crippen LogP contribution in [0.4, 0.5) is 5.69 Å². The molecule has 0 unspecified atom stereocenters. The highest BCUT2D eigenvalue weighted by Gasteiger charge is 2.16. The number of fused-ring (bicyclic) bond motifs is 2. The van der Waals surface area contributed by atoms with Crippen molar-refractivity contribution in [2.75, 3.05) is 12.4 Å². The van der Waals surface area contributed by atoms with E-state index in [1.54, 1.807) is 55.6 Å². The average Bonchev–Trinajstić information content (AvgIpc) is 3.40. The van der Waals surface area contributed by atoms with Crippen LogP contribution in [-0.4, -0.2) is 18.0 Å². The van der Waals surface area contributed by atoms with Crippen molar-refractivity contribution in [3.05, 3.63) is 113 Å². The average molecular weight is 531 g/mol. The number of aromatic nitrogens is 1. The van der Waals surface area contributed by atoms with Crippen molar-refractivity contribution in [2.24, 2.45) is 0 Å². The van der Waals surface area contributed by atoms with Crippen LogP contribution in [0.5, 0.6) is 5.75 Å². The molecule has 0 radical (unpaired) electrons. The number of nitrogens with one attached hydrogen (secondary N) is 1. The lowest BCUT2D eigenvalue weighted by Crippen LogP contribution is -2.13. The Kier molecular flexibility index (Phi) is 6.40. The van der Waals surface area contributed by atoms with Crippen molar-refractivity contribution in [1.82, 2.24) is 4.98 Å². The smallest absolute Gasteiger partial charge is 0.344 e. The molecule has 6 rings (SSSR count). The molecule has 0 fully saturated rings. The van der Waals surface area contributed by atoms with Gasteiger partial charge in [-0.15, -0.1) is 0 Å². The second kappa shape index (κ2) is 10.2. The van der Waals surface area contributed by atoms with Crippen molar-refractivity contribution in [2.45, 2.75) is 19.8 Å². The van der Waals surface area contributed by atoms with E-state index in [2.05, 4.69) is 24.1 Å². The lowest BCUT2D eigenvalue weighted by Gasteiger charge is -2.12. The zero-order chi connectivity index (χ0) is 27.8. The third-order valence-corrected chi connectivity index (χ3v) is 6.87. The van der Waals surface area contributed by atoms with Gasteiger partial charge in [-0.25, -0.2) is 9.78 Å². The number of hydrogen-bond donors (Lipinski definition) is 1. The molecule has 2 aromatic heterocycles. The number of rotatable bonds is 6. The highest BCUT2D eigenvalue weighted by molar-refractivity contribution is 6.05. The number of hydrogen-bond acceptors (Lipinski definition) is 6. The summed E-state index contributed by atoms with van der Waals surface area (Å²) < 4.78 is 16.9. The number of methoxy groups -OCH3 is 1. The van der Waals surface area contributed by atoms with Gasteiger partial charge < -0.3 is 18.9 Å². The molecule has 2 heterocycles. The molecule has 0 saturated heterocycles. The highest BCUT2D eigenvalue weighted by Crippen LogP contribution is 2.33. The zero-order valence-corrected chi connectivity index (χ0v) is 22.2. The first kappa shape index (κ1) is 25.1. The van der Waals surface area contributed by atoms with E-state index in [0.717, 1.165) is 10.9 Å². The molecule has 0 aliphatic heterocycles. The molecule has 0 aliphatic rings. The fraction of sp³-hybridized carbons (Fsp3) is 0.121. The van der Waals surface area contributed by atoms with Crippen molar-refractivity contribution < 1.29 is 18.4 Å². The molecule has 1 amide bonds. The number of nitrogens with zero attached hydrogens (tertiary/aromatic N) is 1. The predicted molar refractivity (Wildman–Crippen MR) is 156 cm³/mol. The Labute approximate surface area is 230 Å². The Morgan fingerprint density at radius 1 is 0.850 bits per heavy atom. The number of ether oxygens (including phenoxy) is 1. The van der Waals surface area contributed by atoms with Crippen LogP contribution >= 0.6 is 0 Å². The van der Waals surface area contributed by atoms with Crippen LogP contribution in [0, 0.1) is 0 Å². The normalized spacial score (nSPS) is 11.3. The van der Waals surface area contributed by atoms with Gasteiger partial charge in [0.2, 0.25) is 5.89 Å². The molecular weight excluding hydrogens is 504 g/mol. The molecule has 0 bridgehead atoms. The van der Waals surface area contributed by atoms with E-state index in [9.17, 15) is 9.59 Å². The third-order valence-electron chi connectivity index (χ3n) is 6.87. The molecule has 0 saturated carbocycles. The minimum Gasteiger partial charge on any atom is -0.495 e. The van der Waals surface area contributed by atoms with Gasteiger partial charge in [0.1, 0.15) is 16.8 Å². The van der Waals surface area contributed by atoms with Gasteiger partial charge in [-0.1, -0.05) is 50.2 Å². The standard InChI is InChI=1S/C33H26N2O5/c1-19(2)22-12-15-30-27(17-22)35-32(39-30)24-13-14-29(38-3)26(18-24)34-31(36)21-10-8-20(9-11-21)25-16-23-6-4-5-7-28(23)40-33(25)37/h4-19H,1-3H3,(H,34,36). The van der Waals surface area contributed by atoms with Crippen molar-refractivity contribution >= 4 is 33.7 Å². The van der Waals surface area contributed by atoms with Crippen LogP contribution in [0.3, 0.4) is 0 Å². The Balaban J connectivity index is 1.26. The molecule has 1 N–H and O–H groups in total. The van der Waals surface area contributed by atoms with Gasteiger partial charge in [0.05, 0.1) is 18.4 Å². The minimum atomic E-state index is -0.433. The van der Waals surface area contributed by atoms with E-state index in [1.807, 2.05) is 42.5 Å². The topological polar surface area (TPSA) is 94.6 Å². The molecule has 6 aromatic rings. The summed E-state index contributed by atoms with van der Waals surface area (Å²) in [7, 11) is 1.54. The molecule has 7 nitrogen and oxygen atoms in total. The Bertz CT molecular complexity index is 1930. The Morgan fingerprint density at radius 2 is 1.62 bits per heavy atom. The lowest BCUT2D eigenvalue weighted by atomic mass is 10.0. The summed E-state index contributed by atoms with van der Waals surface area (Å²) in [5, 5.41) is 3.75. The van der Waals surface area contributed by atoms with E-state index in [0.29, 0.717) is 56.7 Å². The van der Waals surface area contributed by atoms with Crippen LogP contribution < -0.4 is 15.7 Å². The molecule has 198 valence electrons. The second-order valence-electron chi connectivity index (χ2n) is 9.83. The number of oxazole rings is 1. The van der Waals surface area contributed by atoms with E-state index in [4.69, 9.17) is 13.6 Å².